The van der Waals surface area contributed by atoms with E-state index < -0.39 is 0 Å². The summed E-state index contributed by atoms with van der Waals surface area (Å²) >= 11 is 1.34. The average Bonchev–Trinajstić information content (AvgIpc) is 2.06. The lowest BCUT2D eigenvalue weighted by atomic mass is 10.1. The van der Waals surface area contributed by atoms with Crippen LogP contribution in [0.25, 0.3) is 0 Å². The van der Waals surface area contributed by atoms with Gasteiger partial charge in [0.1, 0.15) is 0 Å². The molecule has 0 heterocycles. The molecule has 0 saturated carbocycles. The van der Waals surface area contributed by atoms with Crippen molar-refractivity contribution in [3.63, 3.8) is 0 Å². The zero-order chi connectivity index (χ0) is 11.6. The maximum atomic E-state index is 11.9. The van der Waals surface area contributed by atoms with Crippen LogP contribution >= 0.6 is 11.8 Å². The SMILES string of the molecule is Cc1ccc(N)cc1C(=O)SC(C)(C)C. The quantitative estimate of drug-likeness (QED) is 0.743. The summed E-state index contributed by atoms with van der Waals surface area (Å²) in [4.78, 5) is 11.9. The number of rotatable bonds is 1. The lowest BCUT2D eigenvalue weighted by Crippen LogP contribution is -2.12. The molecule has 1 aromatic carbocycles. The summed E-state index contributed by atoms with van der Waals surface area (Å²) in [5.41, 5.74) is 8.00. The maximum absolute atomic E-state index is 11.9. The van der Waals surface area contributed by atoms with Crippen LogP contribution in [0.15, 0.2) is 18.2 Å². The Balaban J connectivity index is 2.96. The van der Waals surface area contributed by atoms with Gasteiger partial charge in [0.05, 0.1) is 0 Å². The summed E-state index contributed by atoms with van der Waals surface area (Å²) < 4.78 is -0.0614. The van der Waals surface area contributed by atoms with Gasteiger partial charge < -0.3 is 5.73 Å². The largest absolute Gasteiger partial charge is 0.399 e. The molecule has 0 radical (unpaired) electrons. The summed E-state index contributed by atoms with van der Waals surface area (Å²) in [6.07, 6.45) is 0. The molecule has 15 heavy (non-hydrogen) atoms. The van der Waals surface area contributed by atoms with Crippen LogP contribution < -0.4 is 5.73 Å². The smallest absolute Gasteiger partial charge is 0.220 e. The van der Waals surface area contributed by atoms with E-state index in [2.05, 4.69) is 0 Å². The third kappa shape index (κ3) is 3.59. The molecular weight excluding hydrogens is 206 g/mol. The first kappa shape index (κ1) is 12.1. The molecule has 0 aliphatic rings. The van der Waals surface area contributed by atoms with Crippen molar-refractivity contribution in [3.05, 3.63) is 29.3 Å². The molecule has 0 atom stereocenters. The number of hydrogen-bond donors (Lipinski definition) is 1. The van der Waals surface area contributed by atoms with E-state index in [1.54, 1.807) is 6.07 Å². The molecule has 0 bridgehead atoms. The number of hydrogen-bond acceptors (Lipinski definition) is 3. The van der Waals surface area contributed by atoms with Gasteiger partial charge in [-0.3, -0.25) is 4.79 Å². The average molecular weight is 223 g/mol. The number of anilines is 1. The van der Waals surface area contributed by atoms with Gasteiger partial charge in [-0.25, -0.2) is 0 Å². The summed E-state index contributed by atoms with van der Waals surface area (Å²) in [6, 6.07) is 5.44. The lowest BCUT2D eigenvalue weighted by Gasteiger charge is -2.16. The van der Waals surface area contributed by atoms with Crippen LogP contribution in [0.2, 0.25) is 0 Å². The second-order valence-corrected chi connectivity index (χ2v) is 6.38. The second-order valence-electron chi connectivity index (χ2n) is 4.58. The normalized spacial score (nSPS) is 11.5. The van der Waals surface area contributed by atoms with E-state index in [1.807, 2.05) is 39.8 Å². The van der Waals surface area contributed by atoms with E-state index >= 15 is 0 Å². The minimum Gasteiger partial charge on any atom is -0.399 e. The van der Waals surface area contributed by atoms with Crippen molar-refractivity contribution in [2.75, 3.05) is 5.73 Å². The highest BCUT2D eigenvalue weighted by Gasteiger charge is 2.19. The second kappa shape index (κ2) is 4.27. The molecule has 0 fully saturated rings. The van der Waals surface area contributed by atoms with Crippen molar-refractivity contribution in [1.29, 1.82) is 0 Å². The molecule has 1 rings (SSSR count). The molecule has 0 amide bonds. The van der Waals surface area contributed by atoms with Gasteiger partial charge in [-0.05, 0) is 24.6 Å². The number of thioether (sulfide) groups is 1. The summed E-state index contributed by atoms with van der Waals surface area (Å²) in [5, 5.41) is 0.0901. The van der Waals surface area contributed by atoms with Gasteiger partial charge >= 0.3 is 0 Å². The van der Waals surface area contributed by atoms with E-state index in [9.17, 15) is 4.79 Å². The number of carbonyl (C=O) groups is 1. The first-order chi connectivity index (χ1) is 6.79. The molecule has 0 unspecified atom stereocenters. The van der Waals surface area contributed by atoms with E-state index in [0.29, 0.717) is 5.69 Å². The van der Waals surface area contributed by atoms with Crippen LogP contribution in [0.1, 0.15) is 36.7 Å². The topological polar surface area (TPSA) is 43.1 Å². The number of nitrogens with two attached hydrogens (primary N) is 1. The molecule has 1 aromatic rings. The van der Waals surface area contributed by atoms with E-state index in [0.717, 1.165) is 11.1 Å². The van der Waals surface area contributed by atoms with Crippen molar-refractivity contribution >= 4 is 22.6 Å². The van der Waals surface area contributed by atoms with Gasteiger partial charge in [-0.2, -0.15) is 0 Å². The molecule has 0 aliphatic carbocycles. The lowest BCUT2D eigenvalue weighted by molar-refractivity contribution is 0.108. The summed E-state index contributed by atoms with van der Waals surface area (Å²) in [6.45, 7) is 8.00. The number of nitrogen functional groups attached to an aromatic ring is 1. The summed E-state index contributed by atoms with van der Waals surface area (Å²) in [7, 11) is 0. The number of carbonyl (C=O) groups excluding carboxylic acids is 1. The summed E-state index contributed by atoms with van der Waals surface area (Å²) in [5.74, 6) is 0. The first-order valence-electron chi connectivity index (χ1n) is 4.89. The Morgan fingerprint density at radius 3 is 2.47 bits per heavy atom. The van der Waals surface area contributed by atoms with Gasteiger partial charge in [0, 0.05) is 16.0 Å². The Morgan fingerprint density at radius 1 is 1.33 bits per heavy atom. The van der Waals surface area contributed by atoms with Crippen LogP contribution in [0.5, 0.6) is 0 Å². The van der Waals surface area contributed by atoms with Gasteiger partial charge in [-0.15, -0.1) is 0 Å². The molecule has 0 aliphatic heterocycles. The highest BCUT2D eigenvalue weighted by molar-refractivity contribution is 8.15. The molecule has 0 saturated heterocycles. The minimum atomic E-state index is -0.0614. The van der Waals surface area contributed by atoms with Gasteiger partial charge in [0.15, 0.2) is 0 Å². The minimum absolute atomic E-state index is 0.0614. The predicted molar refractivity (Wildman–Crippen MR) is 67.3 cm³/mol. The highest BCUT2D eigenvalue weighted by atomic mass is 32.2. The molecule has 2 nitrogen and oxygen atoms in total. The van der Waals surface area contributed by atoms with Crippen LogP contribution in [0.4, 0.5) is 5.69 Å². The third-order valence-electron chi connectivity index (χ3n) is 1.88. The van der Waals surface area contributed by atoms with Gasteiger partial charge in [0.25, 0.3) is 0 Å². The van der Waals surface area contributed by atoms with Crippen molar-refractivity contribution < 1.29 is 4.79 Å². The Bertz CT molecular complexity index is 380. The standard InChI is InChI=1S/C12H17NOS/c1-8-5-6-9(13)7-10(8)11(14)15-12(2,3)4/h5-7H,13H2,1-4H3. The van der Waals surface area contributed by atoms with E-state index in [4.69, 9.17) is 5.73 Å². The fourth-order valence-electron chi connectivity index (χ4n) is 1.19. The molecule has 3 heteroatoms. The third-order valence-corrected chi connectivity index (χ3v) is 2.90. The number of benzene rings is 1. The maximum Gasteiger partial charge on any atom is 0.220 e. The van der Waals surface area contributed by atoms with Gasteiger partial charge in [0.2, 0.25) is 5.12 Å². The van der Waals surface area contributed by atoms with Crippen molar-refractivity contribution in [2.45, 2.75) is 32.4 Å². The first-order valence-corrected chi connectivity index (χ1v) is 5.71. The fourth-order valence-corrected chi connectivity index (χ4v) is 2.08. The molecule has 0 spiro atoms. The van der Waals surface area contributed by atoms with Crippen molar-refractivity contribution in [2.24, 2.45) is 0 Å². The van der Waals surface area contributed by atoms with Crippen LogP contribution in [0, 0.1) is 6.92 Å². The Labute approximate surface area is 95.2 Å². The zero-order valence-electron chi connectivity index (χ0n) is 9.63. The van der Waals surface area contributed by atoms with Crippen molar-refractivity contribution in [3.8, 4) is 0 Å². The van der Waals surface area contributed by atoms with E-state index in [-0.39, 0.29) is 9.86 Å². The highest BCUT2D eigenvalue weighted by Crippen LogP contribution is 2.28. The van der Waals surface area contributed by atoms with Crippen LogP contribution in [-0.4, -0.2) is 9.86 Å². The number of aryl methyl sites for hydroxylation is 1. The molecule has 2 N–H and O–H groups in total. The molecule has 82 valence electrons. The predicted octanol–water partition coefficient (Wildman–Crippen LogP) is 3.25. The Morgan fingerprint density at radius 2 is 1.93 bits per heavy atom. The van der Waals surface area contributed by atoms with Crippen LogP contribution in [-0.2, 0) is 0 Å². The van der Waals surface area contributed by atoms with Crippen molar-refractivity contribution in [1.82, 2.24) is 0 Å². The molecule has 0 aromatic heterocycles. The molecular formula is C12H17NOS. The monoisotopic (exact) mass is 223 g/mol. The Hall–Kier alpha value is -0.960. The fraction of sp³-hybridized carbons (Fsp3) is 0.417. The van der Waals surface area contributed by atoms with Gasteiger partial charge in [-0.1, -0.05) is 38.6 Å². The Kier molecular flexibility index (Phi) is 3.45. The zero-order valence-corrected chi connectivity index (χ0v) is 10.4. The van der Waals surface area contributed by atoms with Crippen LogP contribution in [0.3, 0.4) is 0 Å². The van der Waals surface area contributed by atoms with E-state index in [1.165, 1.54) is 11.8 Å².